The first-order valence-corrected chi connectivity index (χ1v) is 9.95. The molecule has 1 N–H and O–H groups in total. The molecule has 32 heavy (non-hydrogen) atoms. The summed E-state index contributed by atoms with van der Waals surface area (Å²) in [5.74, 6) is 0.157. The summed E-state index contributed by atoms with van der Waals surface area (Å²) in [6, 6.07) is 15.7. The van der Waals surface area contributed by atoms with Crippen molar-refractivity contribution in [3.63, 3.8) is 0 Å². The van der Waals surface area contributed by atoms with Gasteiger partial charge < -0.3 is 14.8 Å². The van der Waals surface area contributed by atoms with Gasteiger partial charge in [-0.3, -0.25) is 19.9 Å². The fourth-order valence-corrected chi connectivity index (χ4v) is 3.03. The van der Waals surface area contributed by atoms with Crippen LogP contribution in [0.1, 0.15) is 5.56 Å². The van der Waals surface area contributed by atoms with Crippen LogP contribution in [0.3, 0.4) is 0 Å². The molecule has 0 bridgehead atoms. The zero-order chi connectivity index (χ0) is 23.1. The van der Waals surface area contributed by atoms with Gasteiger partial charge in [-0.2, -0.15) is 0 Å². The van der Waals surface area contributed by atoms with Crippen molar-refractivity contribution in [3.8, 4) is 11.5 Å². The Balaban J connectivity index is 1.68. The van der Waals surface area contributed by atoms with Crippen molar-refractivity contribution >= 4 is 52.4 Å². The third-order valence-electron chi connectivity index (χ3n) is 4.15. The Kier molecular flexibility index (Phi) is 7.64. The number of ether oxygens (including phenoxy) is 2. The van der Waals surface area contributed by atoms with Gasteiger partial charge in [0.25, 0.3) is 11.6 Å². The van der Waals surface area contributed by atoms with E-state index >= 15 is 0 Å². The van der Waals surface area contributed by atoms with Crippen molar-refractivity contribution in [3.05, 3.63) is 86.4 Å². The molecule has 0 aliphatic heterocycles. The Morgan fingerprint density at radius 3 is 2.44 bits per heavy atom. The molecule has 0 aliphatic carbocycles. The highest BCUT2D eigenvalue weighted by molar-refractivity contribution is 6.32. The maximum Gasteiger partial charge on any atom is 0.269 e. The van der Waals surface area contributed by atoms with Crippen molar-refractivity contribution in [2.45, 2.75) is 0 Å². The first-order valence-electron chi connectivity index (χ1n) is 9.20. The summed E-state index contributed by atoms with van der Waals surface area (Å²) in [4.78, 5) is 26.7. The second-order valence-corrected chi connectivity index (χ2v) is 7.25. The van der Waals surface area contributed by atoms with Gasteiger partial charge in [0.15, 0.2) is 18.1 Å². The fraction of sp³-hybridized carbons (Fsp3) is 0.0909. The lowest BCUT2D eigenvalue weighted by Crippen LogP contribution is -2.20. The molecule has 3 rings (SSSR count). The normalized spacial score (nSPS) is 10.7. The fourth-order valence-electron chi connectivity index (χ4n) is 2.63. The number of aliphatic imine (C=N–C) groups is 1. The smallest absolute Gasteiger partial charge is 0.269 e. The van der Waals surface area contributed by atoms with Gasteiger partial charge in [0.05, 0.1) is 22.7 Å². The Bertz CT molecular complexity index is 1150. The van der Waals surface area contributed by atoms with Gasteiger partial charge in [0, 0.05) is 29.1 Å². The standard InChI is InChI=1S/C22H17Cl2N3O5/c1-31-20-11-14(12-25-16-6-8-18(9-7-16)27(29)30)10-19(24)22(20)32-13-21(28)26-17-4-2-15(23)3-5-17/h2-12H,13H2,1H3,(H,26,28). The molecule has 3 aromatic carbocycles. The van der Waals surface area contributed by atoms with E-state index in [1.165, 1.54) is 37.6 Å². The molecule has 0 aromatic heterocycles. The van der Waals surface area contributed by atoms with Crippen LogP contribution in [0.4, 0.5) is 17.1 Å². The number of nitro benzene ring substituents is 1. The molecule has 0 saturated heterocycles. The average Bonchev–Trinajstić information content (AvgIpc) is 2.78. The van der Waals surface area contributed by atoms with Crippen molar-refractivity contribution in [2.24, 2.45) is 4.99 Å². The summed E-state index contributed by atoms with van der Waals surface area (Å²) >= 11 is 12.2. The van der Waals surface area contributed by atoms with Gasteiger partial charge in [-0.15, -0.1) is 0 Å². The van der Waals surface area contributed by atoms with Crippen LogP contribution in [0.15, 0.2) is 65.7 Å². The van der Waals surface area contributed by atoms with Crippen molar-refractivity contribution < 1.29 is 19.2 Å². The molecule has 0 spiro atoms. The third-order valence-corrected chi connectivity index (χ3v) is 4.68. The minimum absolute atomic E-state index is 0.0183. The van der Waals surface area contributed by atoms with Gasteiger partial charge in [0.1, 0.15) is 0 Å². The molecule has 0 unspecified atom stereocenters. The van der Waals surface area contributed by atoms with Crippen molar-refractivity contribution in [1.82, 2.24) is 0 Å². The number of nitrogens with one attached hydrogen (secondary N) is 1. The number of hydrogen-bond donors (Lipinski definition) is 1. The third kappa shape index (κ3) is 6.19. The lowest BCUT2D eigenvalue weighted by molar-refractivity contribution is -0.384. The number of carbonyl (C=O) groups is 1. The van der Waals surface area contributed by atoms with Crippen LogP contribution in [-0.4, -0.2) is 30.8 Å². The molecule has 0 saturated carbocycles. The van der Waals surface area contributed by atoms with Crippen LogP contribution < -0.4 is 14.8 Å². The Morgan fingerprint density at radius 1 is 1.12 bits per heavy atom. The highest BCUT2D eigenvalue weighted by atomic mass is 35.5. The number of non-ortho nitro benzene ring substituents is 1. The van der Waals surface area contributed by atoms with Crippen LogP contribution in [0.2, 0.25) is 10.0 Å². The number of halogens is 2. The number of anilines is 1. The predicted molar refractivity (Wildman–Crippen MR) is 124 cm³/mol. The highest BCUT2D eigenvalue weighted by Gasteiger charge is 2.14. The van der Waals surface area contributed by atoms with E-state index in [1.54, 1.807) is 36.4 Å². The number of carbonyl (C=O) groups excluding carboxylic acids is 1. The SMILES string of the molecule is COc1cc(C=Nc2ccc([N+](=O)[O-])cc2)cc(Cl)c1OCC(=O)Nc1ccc(Cl)cc1. The number of methoxy groups -OCH3 is 1. The topological polar surface area (TPSA) is 103 Å². The lowest BCUT2D eigenvalue weighted by atomic mass is 10.2. The van der Waals surface area contributed by atoms with Gasteiger partial charge in [-0.25, -0.2) is 0 Å². The number of amides is 1. The average molecular weight is 474 g/mol. The van der Waals surface area contributed by atoms with Crippen LogP contribution in [-0.2, 0) is 4.79 Å². The molecule has 0 radical (unpaired) electrons. The van der Waals surface area contributed by atoms with Gasteiger partial charge >= 0.3 is 0 Å². The molecule has 0 aliphatic rings. The van der Waals surface area contributed by atoms with Gasteiger partial charge in [-0.05, 0) is 54.1 Å². The van der Waals surface area contributed by atoms with Crippen LogP contribution in [0.5, 0.6) is 11.5 Å². The number of rotatable bonds is 8. The molecule has 0 heterocycles. The van der Waals surface area contributed by atoms with E-state index in [2.05, 4.69) is 10.3 Å². The highest BCUT2D eigenvalue weighted by Crippen LogP contribution is 2.36. The number of hydrogen-bond acceptors (Lipinski definition) is 6. The second-order valence-electron chi connectivity index (χ2n) is 6.41. The molecule has 0 fully saturated rings. The predicted octanol–water partition coefficient (Wildman–Crippen LogP) is 5.68. The lowest BCUT2D eigenvalue weighted by Gasteiger charge is -2.13. The van der Waals surface area contributed by atoms with E-state index < -0.39 is 4.92 Å². The number of nitro groups is 1. The molecule has 10 heteroatoms. The summed E-state index contributed by atoms with van der Waals surface area (Å²) in [7, 11) is 1.45. The molecule has 8 nitrogen and oxygen atoms in total. The quantitative estimate of drug-likeness (QED) is 0.257. The summed E-state index contributed by atoms with van der Waals surface area (Å²) in [5, 5.41) is 14.2. The monoisotopic (exact) mass is 473 g/mol. The Hall–Kier alpha value is -3.62. The molecule has 0 atom stereocenters. The molecular weight excluding hydrogens is 457 g/mol. The van der Waals surface area contributed by atoms with E-state index in [9.17, 15) is 14.9 Å². The van der Waals surface area contributed by atoms with Crippen LogP contribution >= 0.6 is 23.2 Å². The van der Waals surface area contributed by atoms with Gasteiger partial charge in [0.2, 0.25) is 0 Å². The minimum atomic E-state index is -0.480. The maximum absolute atomic E-state index is 12.2. The molecular formula is C22H17Cl2N3O5. The van der Waals surface area contributed by atoms with Gasteiger partial charge in [-0.1, -0.05) is 23.2 Å². The summed E-state index contributed by atoms with van der Waals surface area (Å²) in [5.41, 5.74) is 1.71. The Morgan fingerprint density at radius 2 is 1.81 bits per heavy atom. The zero-order valence-corrected chi connectivity index (χ0v) is 18.3. The van der Waals surface area contributed by atoms with E-state index in [1.807, 2.05) is 0 Å². The first-order chi connectivity index (χ1) is 15.4. The largest absolute Gasteiger partial charge is 0.493 e. The summed E-state index contributed by atoms with van der Waals surface area (Å²) < 4.78 is 10.9. The van der Waals surface area contributed by atoms with E-state index in [4.69, 9.17) is 32.7 Å². The van der Waals surface area contributed by atoms with Crippen LogP contribution in [0.25, 0.3) is 0 Å². The minimum Gasteiger partial charge on any atom is -0.493 e. The zero-order valence-electron chi connectivity index (χ0n) is 16.7. The number of benzene rings is 3. The molecule has 164 valence electrons. The van der Waals surface area contributed by atoms with Crippen molar-refractivity contribution in [2.75, 3.05) is 19.0 Å². The molecule has 3 aromatic rings. The van der Waals surface area contributed by atoms with E-state index in [0.717, 1.165) is 0 Å². The van der Waals surface area contributed by atoms with Crippen molar-refractivity contribution in [1.29, 1.82) is 0 Å². The number of nitrogens with zero attached hydrogens (tertiary/aromatic N) is 2. The Labute approximate surface area is 193 Å². The van der Waals surface area contributed by atoms with Crippen LogP contribution in [0, 0.1) is 10.1 Å². The van der Waals surface area contributed by atoms with E-state index in [-0.39, 0.29) is 29.0 Å². The second kappa shape index (κ2) is 10.6. The van der Waals surface area contributed by atoms with E-state index in [0.29, 0.717) is 27.7 Å². The summed E-state index contributed by atoms with van der Waals surface area (Å²) in [6.07, 6.45) is 1.53. The summed E-state index contributed by atoms with van der Waals surface area (Å²) in [6.45, 7) is -0.283. The maximum atomic E-state index is 12.2. The molecule has 1 amide bonds. The first kappa shape index (κ1) is 23.1.